The topological polar surface area (TPSA) is 82.5 Å². The number of allylic oxidation sites excluding steroid dienone is 1. The van der Waals surface area contributed by atoms with Crippen LogP contribution in [0.2, 0.25) is 0 Å². The van der Waals surface area contributed by atoms with Crippen molar-refractivity contribution in [1.29, 1.82) is 0 Å². The Balaban J connectivity index is 1.55. The first kappa shape index (κ1) is 20.4. The van der Waals surface area contributed by atoms with Crippen LogP contribution in [0.15, 0.2) is 42.2 Å². The highest BCUT2D eigenvalue weighted by Crippen LogP contribution is 2.40. The number of ether oxygens (including phenoxy) is 2. The highest BCUT2D eigenvalue weighted by Gasteiger charge is 2.32. The number of fused-ring (bicyclic) bond motifs is 1. The molecule has 0 aliphatic carbocycles. The third kappa shape index (κ3) is 4.18. The second kappa shape index (κ2) is 8.87. The van der Waals surface area contributed by atoms with Gasteiger partial charge in [0.15, 0.2) is 5.76 Å². The Morgan fingerprint density at radius 2 is 1.90 bits per heavy atom. The summed E-state index contributed by atoms with van der Waals surface area (Å²) < 4.78 is 11.2. The van der Waals surface area contributed by atoms with Crippen molar-refractivity contribution in [2.45, 2.75) is 6.54 Å². The van der Waals surface area contributed by atoms with Crippen LogP contribution < -0.4 is 9.47 Å². The summed E-state index contributed by atoms with van der Waals surface area (Å²) in [4.78, 5) is 17.3. The van der Waals surface area contributed by atoms with Crippen molar-refractivity contribution in [2.24, 2.45) is 0 Å². The molecule has 2 aliphatic rings. The Kier molecular flexibility index (Phi) is 6.03. The highest BCUT2D eigenvalue weighted by molar-refractivity contribution is 6.15. The van der Waals surface area contributed by atoms with E-state index in [-0.39, 0.29) is 23.9 Å². The summed E-state index contributed by atoms with van der Waals surface area (Å²) in [6, 6.07) is 10.6. The van der Waals surface area contributed by atoms with Crippen LogP contribution in [0.25, 0.3) is 6.08 Å². The number of nitrogens with zero attached hydrogens (tertiary/aromatic N) is 2. The van der Waals surface area contributed by atoms with Gasteiger partial charge in [-0.2, -0.15) is 0 Å². The fourth-order valence-corrected chi connectivity index (χ4v) is 3.87. The smallest absolute Gasteiger partial charge is 0.231 e. The highest BCUT2D eigenvalue weighted by atomic mass is 16.5. The number of benzene rings is 2. The van der Waals surface area contributed by atoms with Crippen LogP contribution in [0.1, 0.15) is 21.5 Å². The molecule has 0 radical (unpaired) electrons. The molecule has 0 saturated carbocycles. The number of β-amino-alcohol motifs (C(OH)–C–C–N with tert-alkyl or cyclic N) is 1. The van der Waals surface area contributed by atoms with E-state index in [0.717, 1.165) is 31.7 Å². The fraction of sp³-hybridized carbons (Fsp3) is 0.348. The standard InChI is InChI=1S/C23H26N2O5/c1-29-17-4-2-3-16(13-17)14-21-22(28)18-5-6-20(27)19(23(18)30-21)15-25-9-7-24(8-10-25)11-12-26/h2-6,13-14,26-27H,7-12,15H2,1H3. The van der Waals surface area contributed by atoms with Crippen molar-refractivity contribution in [1.82, 2.24) is 9.80 Å². The first-order valence-electron chi connectivity index (χ1n) is 10.1. The molecular weight excluding hydrogens is 384 g/mol. The van der Waals surface area contributed by atoms with Gasteiger partial charge in [0.05, 0.1) is 24.8 Å². The first-order valence-corrected chi connectivity index (χ1v) is 10.1. The van der Waals surface area contributed by atoms with Gasteiger partial charge in [0, 0.05) is 39.3 Å². The van der Waals surface area contributed by atoms with Gasteiger partial charge in [0.1, 0.15) is 17.2 Å². The average Bonchev–Trinajstić information content (AvgIpc) is 3.07. The van der Waals surface area contributed by atoms with Gasteiger partial charge in [-0.3, -0.25) is 14.6 Å². The minimum absolute atomic E-state index is 0.127. The van der Waals surface area contributed by atoms with Crippen molar-refractivity contribution in [3.8, 4) is 17.2 Å². The van der Waals surface area contributed by atoms with Gasteiger partial charge in [-0.1, -0.05) is 12.1 Å². The van der Waals surface area contributed by atoms with E-state index in [1.54, 1.807) is 25.3 Å². The largest absolute Gasteiger partial charge is 0.507 e. The summed E-state index contributed by atoms with van der Waals surface area (Å²) in [5.74, 6) is 1.31. The average molecular weight is 410 g/mol. The maximum absolute atomic E-state index is 12.9. The third-order valence-corrected chi connectivity index (χ3v) is 5.57. The molecule has 2 heterocycles. The number of aromatic hydroxyl groups is 1. The maximum Gasteiger partial charge on any atom is 0.231 e. The number of methoxy groups -OCH3 is 1. The number of ketones is 1. The lowest BCUT2D eigenvalue weighted by atomic mass is 10.0. The van der Waals surface area contributed by atoms with Gasteiger partial charge >= 0.3 is 0 Å². The fourth-order valence-electron chi connectivity index (χ4n) is 3.87. The molecule has 2 aromatic rings. The first-order chi connectivity index (χ1) is 14.6. The molecule has 158 valence electrons. The molecule has 2 aliphatic heterocycles. The van der Waals surface area contributed by atoms with Crippen molar-refractivity contribution >= 4 is 11.9 Å². The molecule has 0 bridgehead atoms. The molecule has 2 N–H and O–H groups in total. The minimum atomic E-state index is -0.193. The van der Waals surface area contributed by atoms with Crippen LogP contribution >= 0.6 is 0 Å². The van der Waals surface area contributed by atoms with E-state index in [2.05, 4.69) is 9.80 Å². The van der Waals surface area contributed by atoms with Crippen molar-refractivity contribution < 1.29 is 24.5 Å². The number of phenolic OH excluding ortho intramolecular Hbond substituents is 1. The van der Waals surface area contributed by atoms with E-state index >= 15 is 0 Å². The lowest BCUT2D eigenvalue weighted by Gasteiger charge is -2.34. The van der Waals surface area contributed by atoms with Gasteiger partial charge in [-0.05, 0) is 35.9 Å². The zero-order valence-electron chi connectivity index (χ0n) is 17.0. The molecule has 1 fully saturated rings. The Morgan fingerprint density at radius 1 is 1.13 bits per heavy atom. The molecule has 0 spiro atoms. The van der Waals surface area contributed by atoms with Crippen LogP contribution in [-0.4, -0.2) is 72.2 Å². The molecule has 2 aromatic carbocycles. The van der Waals surface area contributed by atoms with E-state index < -0.39 is 0 Å². The SMILES string of the molecule is COc1cccc(C=C2Oc3c(ccc(O)c3CN3CCN(CCO)CC3)C2=O)c1. The van der Waals surface area contributed by atoms with Gasteiger partial charge in [-0.15, -0.1) is 0 Å². The molecule has 0 aromatic heterocycles. The van der Waals surface area contributed by atoms with Crippen molar-refractivity contribution in [2.75, 3.05) is 46.4 Å². The van der Waals surface area contributed by atoms with Crippen LogP contribution in [0.3, 0.4) is 0 Å². The summed E-state index contributed by atoms with van der Waals surface area (Å²) in [6.07, 6.45) is 1.69. The minimum Gasteiger partial charge on any atom is -0.507 e. The zero-order valence-corrected chi connectivity index (χ0v) is 17.0. The summed E-state index contributed by atoms with van der Waals surface area (Å²) in [5.41, 5.74) is 1.90. The second-order valence-corrected chi connectivity index (χ2v) is 7.50. The number of hydrogen-bond acceptors (Lipinski definition) is 7. The van der Waals surface area contributed by atoms with Crippen LogP contribution in [0, 0.1) is 0 Å². The van der Waals surface area contributed by atoms with Gasteiger partial charge in [-0.25, -0.2) is 0 Å². The molecule has 0 atom stereocenters. The molecule has 4 rings (SSSR count). The number of carbonyl (C=O) groups is 1. The summed E-state index contributed by atoms with van der Waals surface area (Å²) in [5, 5.41) is 19.6. The Bertz CT molecular complexity index is 964. The number of piperazine rings is 1. The number of aliphatic hydroxyl groups excluding tert-OH is 1. The summed E-state index contributed by atoms with van der Waals surface area (Å²) >= 11 is 0. The number of aliphatic hydroxyl groups is 1. The number of Topliss-reactive ketones (excluding diaryl/α,β-unsaturated/α-hetero) is 1. The van der Waals surface area contributed by atoms with Gasteiger partial charge < -0.3 is 19.7 Å². The number of phenols is 1. The van der Waals surface area contributed by atoms with Crippen molar-refractivity contribution in [3.05, 3.63) is 58.8 Å². The molecule has 1 saturated heterocycles. The quantitative estimate of drug-likeness (QED) is 0.706. The second-order valence-electron chi connectivity index (χ2n) is 7.50. The molecule has 0 unspecified atom stereocenters. The van der Waals surface area contributed by atoms with E-state index in [1.807, 2.05) is 24.3 Å². The Morgan fingerprint density at radius 3 is 2.63 bits per heavy atom. The van der Waals surface area contributed by atoms with Gasteiger partial charge in [0.2, 0.25) is 5.78 Å². The van der Waals surface area contributed by atoms with Crippen LogP contribution in [-0.2, 0) is 6.54 Å². The number of rotatable bonds is 6. The van der Waals surface area contributed by atoms with Crippen LogP contribution in [0.5, 0.6) is 17.2 Å². The third-order valence-electron chi connectivity index (χ3n) is 5.57. The number of hydrogen-bond donors (Lipinski definition) is 2. The normalized spacial score (nSPS) is 18.5. The lowest BCUT2D eigenvalue weighted by Crippen LogP contribution is -2.46. The molecule has 7 heteroatoms. The zero-order chi connectivity index (χ0) is 21.1. The molecule has 30 heavy (non-hydrogen) atoms. The predicted molar refractivity (Wildman–Crippen MR) is 113 cm³/mol. The van der Waals surface area contributed by atoms with E-state index in [9.17, 15) is 9.90 Å². The van der Waals surface area contributed by atoms with Gasteiger partial charge in [0.25, 0.3) is 0 Å². The van der Waals surface area contributed by atoms with E-state index in [0.29, 0.717) is 35.7 Å². The molecule has 7 nitrogen and oxygen atoms in total. The lowest BCUT2D eigenvalue weighted by molar-refractivity contribution is 0.101. The monoisotopic (exact) mass is 410 g/mol. The summed E-state index contributed by atoms with van der Waals surface area (Å²) in [7, 11) is 1.60. The van der Waals surface area contributed by atoms with E-state index in [4.69, 9.17) is 14.6 Å². The molecular formula is C23H26N2O5. The Hall–Kier alpha value is -2.87. The van der Waals surface area contributed by atoms with Crippen LogP contribution in [0.4, 0.5) is 0 Å². The van der Waals surface area contributed by atoms with E-state index in [1.165, 1.54) is 0 Å². The number of carbonyl (C=O) groups excluding carboxylic acids is 1. The Labute approximate surface area is 175 Å². The molecule has 0 amide bonds. The maximum atomic E-state index is 12.9. The predicted octanol–water partition coefficient (Wildman–Crippen LogP) is 2.13. The summed E-state index contributed by atoms with van der Waals surface area (Å²) in [6.45, 7) is 4.70. The van der Waals surface area contributed by atoms with Crippen molar-refractivity contribution in [3.63, 3.8) is 0 Å².